The highest BCUT2D eigenvalue weighted by molar-refractivity contribution is 5.57. The van der Waals surface area contributed by atoms with Gasteiger partial charge in [0, 0.05) is 6.54 Å². The van der Waals surface area contributed by atoms with Crippen LogP contribution in [-0.2, 0) is 0 Å². The predicted molar refractivity (Wildman–Crippen MR) is 77.1 cm³/mol. The SMILES string of the molecule is FC(F)(F)Oc1ccccc1NCC=Cc1ccccc1. The fourth-order valence-electron chi connectivity index (χ4n) is 1.75. The van der Waals surface area contributed by atoms with E-state index in [2.05, 4.69) is 10.1 Å². The van der Waals surface area contributed by atoms with E-state index in [0.717, 1.165) is 5.56 Å². The van der Waals surface area contributed by atoms with E-state index >= 15 is 0 Å². The molecule has 0 aromatic heterocycles. The van der Waals surface area contributed by atoms with E-state index in [-0.39, 0.29) is 5.75 Å². The third kappa shape index (κ3) is 5.22. The van der Waals surface area contributed by atoms with Gasteiger partial charge in [-0.05, 0) is 17.7 Å². The molecule has 1 N–H and O–H groups in total. The van der Waals surface area contributed by atoms with E-state index in [9.17, 15) is 13.2 Å². The van der Waals surface area contributed by atoms with Crippen molar-refractivity contribution in [2.24, 2.45) is 0 Å². The number of hydrogen-bond donors (Lipinski definition) is 1. The van der Waals surface area contributed by atoms with Crippen molar-refractivity contribution in [1.29, 1.82) is 0 Å². The number of alkyl halides is 3. The second kappa shape index (κ2) is 6.83. The minimum Gasteiger partial charge on any atom is -0.404 e. The molecular formula is C16H14F3NO. The molecule has 0 aliphatic heterocycles. The molecule has 0 unspecified atom stereocenters. The van der Waals surface area contributed by atoms with Crippen LogP contribution in [0.4, 0.5) is 18.9 Å². The molecular weight excluding hydrogens is 279 g/mol. The van der Waals surface area contributed by atoms with Gasteiger partial charge in [0.05, 0.1) is 5.69 Å². The molecule has 0 atom stereocenters. The maximum Gasteiger partial charge on any atom is 0.573 e. The summed E-state index contributed by atoms with van der Waals surface area (Å²) in [4.78, 5) is 0. The molecule has 110 valence electrons. The summed E-state index contributed by atoms with van der Waals surface area (Å²) in [5, 5.41) is 2.89. The van der Waals surface area contributed by atoms with Crippen molar-refractivity contribution in [2.45, 2.75) is 6.36 Å². The lowest BCUT2D eigenvalue weighted by Crippen LogP contribution is -2.18. The van der Waals surface area contributed by atoms with Crippen LogP contribution in [-0.4, -0.2) is 12.9 Å². The molecule has 0 heterocycles. The highest BCUT2D eigenvalue weighted by atomic mass is 19.4. The summed E-state index contributed by atoms with van der Waals surface area (Å²) in [5.41, 5.74) is 1.33. The van der Waals surface area contributed by atoms with Crippen LogP contribution < -0.4 is 10.1 Å². The Morgan fingerprint density at radius 1 is 0.952 bits per heavy atom. The van der Waals surface area contributed by atoms with E-state index in [4.69, 9.17) is 0 Å². The van der Waals surface area contributed by atoms with Gasteiger partial charge in [-0.2, -0.15) is 0 Å². The maximum atomic E-state index is 12.3. The van der Waals surface area contributed by atoms with Gasteiger partial charge < -0.3 is 10.1 Å². The van der Waals surface area contributed by atoms with Crippen molar-refractivity contribution < 1.29 is 17.9 Å². The summed E-state index contributed by atoms with van der Waals surface area (Å²) in [5.74, 6) is -0.238. The number of benzene rings is 2. The Labute approximate surface area is 120 Å². The third-order valence-electron chi connectivity index (χ3n) is 2.63. The Bertz CT molecular complexity index is 594. The minimum absolute atomic E-state index is 0.238. The predicted octanol–water partition coefficient (Wildman–Crippen LogP) is 4.71. The Morgan fingerprint density at radius 3 is 2.33 bits per heavy atom. The summed E-state index contributed by atoms with van der Waals surface area (Å²) in [6, 6.07) is 15.6. The van der Waals surface area contributed by atoms with Gasteiger partial charge in [0.2, 0.25) is 0 Å². The first kappa shape index (κ1) is 15.0. The Morgan fingerprint density at radius 2 is 1.62 bits per heavy atom. The van der Waals surface area contributed by atoms with E-state index in [1.54, 1.807) is 6.07 Å². The van der Waals surface area contributed by atoms with Crippen LogP contribution in [0.5, 0.6) is 5.75 Å². The van der Waals surface area contributed by atoms with E-state index in [1.807, 2.05) is 42.5 Å². The first-order valence-electron chi connectivity index (χ1n) is 6.35. The van der Waals surface area contributed by atoms with Crippen molar-refractivity contribution in [3.8, 4) is 5.75 Å². The van der Waals surface area contributed by atoms with E-state index in [1.165, 1.54) is 18.2 Å². The largest absolute Gasteiger partial charge is 0.573 e. The van der Waals surface area contributed by atoms with Crippen LogP contribution >= 0.6 is 0 Å². The van der Waals surface area contributed by atoms with Crippen molar-refractivity contribution in [2.75, 3.05) is 11.9 Å². The fourth-order valence-corrected chi connectivity index (χ4v) is 1.75. The summed E-state index contributed by atoms with van der Waals surface area (Å²) >= 11 is 0. The molecule has 2 nitrogen and oxygen atoms in total. The molecule has 0 aliphatic carbocycles. The molecule has 2 rings (SSSR count). The van der Waals surface area contributed by atoms with Crippen LogP contribution in [0.25, 0.3) is 6.08 Å². The third-order valence-corrected chi connectivity index (χ3v) is 2.63. The number of rotatable bonds is 5. The Hall–Kier alpha value is -2.43. The summed E-state index contributed by atoms with van der Waals surface area (Å²) in [7, 11) is 0. The zero-order valence-corrected chi connectivity index (χ0v) is 11.1. The van der Waals surface area contributed by atoms with Crippen LogP contribution in [0.3, 0.4) is 0 Å². The molecule has 21 heavy (non-hydrogen) atoms. The quantitative estimate of drug-likeness (QED) is 0.862. The van der Waals surface area contributed by atoms with Crippen molar-refractivity contribution >= 4 is 11.8 Å². The summed E-state index contributed by atoms with van der Waals surface area (Å²) in [6.07, 6.45) is -0.975. The van der Waals surface area contributed by atoms with Crippen LogP contribution in [0, 0.1) is 0 Å². The van der Waals surface area contributed by atoms with Gasteiger partial charge in [-0.15, -0.1) is 13.2 Å². The van der Waals surface area contributed by atoms with Crippen LogP contribution in [0.2, 0.25) is 0 Å². The van der Waals surface area contributed by atoms with Gasteiger partial charge in [0.1, 0.15) is 0 Å². The van der Waals surface area contributed by atoms with Gasteiger partial charge in [-0.1, -0.05) is 54.6 Å². The van der Waals surface area contributed by atoms with E-state index < -0.39 is 6.36 Å². The standard InChI is InChI=1S/C16H14F3NO/c17-16(18,19)21-15-11-5-4-10-14(15)20-12-6-9-13-7-2-1-3-8-13/h1-11,20H,12H2. The molecule has 0 radical (unpaired) electrons. The Balaban J connectivity index is 1.96. The molecule has 0 saturated carbocycles. The number of hydrogen-bond acceptors (Lipinski definition) is 2. The first-order valence-corrected chi connectivity index (χ1v) is 6.35. The number of ether oxygens (including phenoxy) is 1. The van der Waals surface area contributed by atoms with Crippen molar-refractivity contribution in [3.05, 3.63) is 66.2 Å². The lowest BCUT2D eigenvalue weighted by atomic mass is 10.2. The van der Waals surface area contributed by atoms with Gasteiger partial charge >= 0.3 is 6.36 Å². The maximum absolute atomic E-state index is 12.3. The normalized spacial score (nSPS) is 11.6. The summed E-state index contributed by atoms with van der Waals surface area (Å²) < 4.78 is 40.8. The molecule has 0 amide bonds. The highest BCUT2D eigenvalue weighted by Gasteiger charge is 2.31. The number of nitrogens with one attached hydrogen (secondary N) is 1. The molecule has 0 aliphatic rings. The second-order valence-corrected chi connectivity index (χ2v) is 4.24. The van der Waals surface area contributed by atoms with Gasteiger partial charge in [0.15, 0.2) is 5.75 Å². The molecule has 0 fully saturated rings. The van der Waals surface area contributed by atoms with Crippen molar-refractivity contribution in [1.82, 2.24) is 0 Å². The molecule has 0 saturated heterocycles. The monoisotopic (exact) mass is 293 g/mol. The zero-order chi connectivity index (χ0) is 15.1. The number of halogens is 3. The Kier molecular flexibility index (Phi) is 4.87. The van der Waals surface area contributed by atoms with Gasteiger partial charge in [-0.25, -0.2) is 0 Å². The van der Waals surface area contributed by atoms with Crippen LogP contribution in [0.15, 0.2) is 60.7 Å². The summed E-state index contributed by atoms with van der Waals surface area (Å²) in [6.45, 7) is 0.396. The fraction of sp³-hybridized carbons (Fsp3) is 0.125. The van der Waals surface area contributed by atoms with Crippen LogP contribution in [0.1, 0.15) is 5.56 Å². The average molecular weight is 293 g/mol. The van der Waals surface area contributed by atoms with Gasteiger partial charge in [0.25, 0.3) is 0 Å². The van der Waals surface area contributed by atoms with Gasteiger partial charge in [-0.3, -0.25) is 0 Å². The number of para-hydroxylation sites is 2. The molecule has 5 heteroatoms. The molecule has 0 spiro atoms. The lowest BCUT2D eigenvalue weighted by molar-refractivity contribution is -0.274. The number of anilines is 1. The van der Waals surface area contributed by atoms with Crippen molar-refractivity contribution in [3.63, 3.8) is 0 Å². The minimum atomic E-state index is -4.70. The smallest absolute Gasteiger partial charge is 0.404 e. The van der Waals surface area contributed by atoms with E-state index in [0.29, 0.717) is 12.2 Å². The zero-order valence-electron chi connectivity index (χ0n) is 11.1. The lowest BCUT2D eigenvalue weighted by Gasteiger charge is -2.13. The molecule has 2 aromatic carbocycles. The molecule has 0 bridgehead atoms. The average Bonchev–Trinajstić information content (AvgIpc) is 2.45. The molecule has 2 aromatic rings. The topological polar surface area (TPSA) is 21.3 Å². The first-order chi connectivity index (χ1) is 10.0. The highest BCUT2D eigenvalue weighted by Crippen LogP contribution is 2.29. The second-order valence-electron chi connectivity index (χ2n) is 4.24.